The van der Waals surface area contributed by atoms with Crippen LogP contribution in [-0.4, -0.2) is 35.1 Å². The van der Waals surface area contributed by atoms with Crippen LogP contribution in [0, 0.1) is 6.92 Å². The van der Waals surface area contributed by atoms with Crippen LogP contribution in [0.4, 0.5) is 0 Å². The second-order valence-corrected chi connectivity index (χ2v) is 6.70. The number of aromatic nitrogens is 1. The molecule has 0 amide bonds. The van der Waals surface area contributed by atoms with Crippen molar-refractivity contribution in [1.82, 2.24) is 15.2 Å². The molecule has 1 N–H and O–H groups in total. The van der Waals surface area contributed by atoms with E-state index < -0.39 is 0 Å². The fourth-order valence-corrected chi connectivity index (χ4v) is 4.19. The molecule has 0 saturated carbocycles. The lowest BCUT2D eigenvalue weighted by Crippen LogP contribution is -2.47. The molecule has 4 heteroatoms. The first-order valence-corrected chi connectivity index (χ1v) is 7.42. The Morgan fingerprint density at radius 2 is 2.12 bits per heavy atom. The first-order chi connectivity index (χ1) is 8.26. The highest BCUT2D eigenvalue weighted by molar-refractivity contribution is 7.11. The number of rotatable bonds is 3. The van der Waals surface area contributed by atoms with Crippen molar-refractivity contribution in [3.8, 4) is 0 Å². The summed E-state index contributed by atoms with van der Waals surface area (Å²) in [6, 6.07) is 2.31. The van der Waals surface area contributed by atoms with E-state index in [2.05, 4.69) is 29.2 Å². The predicted molar refractivity (Wildman–Crippen MR) is 71.3 cm³/mol. The topological polar surface area (TPSA) is 28.2 Å². The lowest BCUT2D eigenvalue weighted by Gasteiger charge is -2.38. The molecule has 2 fully saturated rings. The quantitative estimate of drug-likeness (QED) is 0.892. The van der Waals surface area contributed by atoms with E-state index in [9.17, 15) is 0 Å². The van der Waals surface area contributed by atoms with Crippen LogP contribution in [0.2, 0.25) is 0 Å². The van der Waals surface area contributed by atoms with E-state index in [1.807, 2.05) is 17.5 Å². The molecule has 1 aromatic rings. The van der Waals surface area contributed by atoms with Crippen molar-refractivity contribution in [2.45, 2.75) is 57.3 Å². The summed E-state index contributed by atoms with van der Waals surface area (Å²) in [6.07, 6.45) is 7.40. The highest BCUT2D eigenvalue weighted by atomic mass is 32.1. The molecule has 0 spiro atoms. The molecule has 1 aromatic heterocycles. The van der Waals surface area contributed by atoms with Gasteiger partial charge in [0, 0.05) is 29.2 Å². The zero-order chi connectivity index (χ0) is 11.8. The molecular formula is C13H21N3S. The molecule has 0 aromatic carbocycles. The van der Waals surface area contributed by atoms with E-state index >= 15 is 0 Å². The number of aryl methyl sites for hydroxylation is 1. The molecule has 2 bridgehead atoms. The van der Waals surface area contributed by atoms with Crippen molar-refractivity contribution in [3.63, 3.8) is 0 Å². The van der Waals surface area contributed by atoms with Crippen LogP contribution in [0.15, 0.2) is 6.20 Å². The lowest BCUT2D eigenvalue weighted by atomic mass is 9.97. The third-order valence-corrected chi connectivity index (χ3v) is 5.18. The van der Waals surface area contributed by atoms with Crippen molar-refractivity contribution >= 4 is 11.3 Å². The van der Waals surface area contributed by atoms with E-state index in [1.165, 1.54) is 35.6 Å². The Kier molecular flexibility index (Phi) is 3.19. The number of nitrogens with zero attached hydrogens (tertiary/aromatic N) is 2. The van der Waals surface area contributed by atoms with Gasteiger partial charge in [-0.1, -0.05) is 0 Å². The van der Waals surface area contributed by atoms with E-state index in [4.69, 9.17) is 0 Å². The number of hydrogen-bond acceptors (Lipinski definition) is 4. The summed E-state index contributed by atoms with van der Waals surface area (Å²) >= 11 is 1.85. The Labute approximate surface area is 107 Å². The minimum atomic E-state index is 0.738. The van der Waals surface area contributed by atoms with Gasteiger partial charge in [0.05, 0.1) is 6.54 Å². The molecule has 2 saturated heterocycles. The molecule has 2 aliphatic rings. The number of fused-ring (bicyclic) bond motifs is 2. The zero-order valence-electron chi connectivity index (χ0n) is 10.6. The molecule has 0 aliphatic carbocycles. The van der Waals surface area contributed by atoms with Crippen LogP contribution >= 0.6 is 11.3 Å². The van der Waals surface area contributed by atoms with Gasteiger partial charge < -0.3 is 5.32 Å². The van der Waals surface area contributed by atoms with Gasteiger partial charge in [-0.05, 0) is 39.7 Å². The second-order valence-electron chi connectivity index (χ2n) is 5.38. The van der Waals surface area contributed by atoms with Gasteiger partial charge in [0.15, 0.2) is 0 Å². The first kappa shape index (κ1) is 11.6. The molecule has 2 atom stereocenters. The summed E-state index contributed by atoms with van der Waals surface area (Å²) < 4.78 is 0. The molecule has 3 nitrogen and oxygen atoms in total. The largest absolute Gasteiger partial charge is 0.317 e. The van der Waals surface area contributed by atoms with E-state index in [-0.39, 0.29) is 0 Å². The van der Waals surface area contributed by atoms with Gasteiger partial charge in [-0.2, -0.15) is 0 Å². The fourth-order valence-electron chi connectivity index (χ4n) is 3.40. The van der Waals surface area contributed by atoms with Crippen molar-refractivity contribution in [2.75, 3.05) is 7.05 Å². The number of piperidine rings is 1. The molecular weight excluding hydrogens is 230 g/mol. The molecule has 3 heterocycles. The van der Waals surface area contributed by atoms with Gasteiger partial charge in [0.25, 0.3) is 0 Å². The molecule has 2 aliphatic heterocycles. The number of nitrogens with one attached hydrogen (secondary N) is 1. The third-order valence-electron chi connectivity index (χ3n) is 4.28. The Morgan fingerprint density at radius 1 is 1.41 bits per heavy atom. The smallest absolute Gasteiger partial charge is 0.107 e. The highest BCUT2D eigenvalue weighted by Gasteiger charge is 2.40. The van der Waals surface area contributed by atoms with Crippen LogP contribution in [0.25, 0.3) is 0 Å². The van der Waals surface area contributed by atoms with Crippen LogP contribution < -0.4 is 5.32 Å². The van der Waals surface area contributed by atoms with E-state index in [0.29, 0.717) is 0 Å². The van der Waals surface area contributed by atoms with Crippen LogP contribution in [0.1, 0.15) is 35.6 Å². The van der Waals surface area contributed by atoms with Gasteiger partial charge in [-0.25, -0.2) is 4.98 Å². The second kappa shape index (κ2) is 4.67. The van der Waals surface area contributed by atoms with Crippen molar-refractivity contribution < 1.29 is 0 Å². The Bertz CT molecular complexity index is 376. The van der Waals surface area contributed by atoms with Gasteiger partial charge in [-0.3, -0.25) is 4.90 Å². The summed E-state index contributed by atoms with van der Waals surface area (Å²) in [5.74, 6) is 0. The summed E-state index contributed by atoms with van der Waals surface area (Å²) in [5.41, 5.74) is 0. The van der Waals surface area contributed by atoms with Gasteiger partial charge in [-0.15, -0.1) is 11.3 Å². The maximum atomic E-state index is 4.51. The SMILES string of the molecule is CNC1CC2CCC(C1)N2Cc1ncc(C)s1. The normalized spacial score (nSPS) is 33.2. The zero-order valence-corrected chi connectivity index (χ0v) is 11.5. The van der Waals surface area contributed by atoms with Crippen molar-refractivity contribution in [1.29, 1.82) is 0 Å². The average molecular weight is 251 g/mol. The lowest BCUT2D eigenvalue weighted by molar-refractivity contribution is 0.111. The summed E-state index contributed by atoms with van der Waals surface area (Å²) in [5, 5.41) is 4.75. The van der Waals surface area contributed by atoms with Gasteiger partial charge >= 0.3 is 0 Å². The fraction of sp³-hybridized carbons (Fsp3) is 0.769. The van der Waals surface area contributed by atoms with Crippen LogP contribution in [-0.2, 0) is 6.54 Å². The molecule has 0 radical (unpaired) electrons. The van der Waals surface area contributed by atoms with E-state index in [0.717, 1.165) is 24.7 Å². The maximum absolute atomic E-state index is 4.51. The summed E-state index contributed by atoms with van der Waals surface area (Å²) in [7, 11) is 2.10. The number of thiazole rings is 1. The highest BCUT2D eigenvalue weighted by Crippen LogP contribution is 2.37. The molecule has 2 unspecified atom stereocenters. The maximum Gasteiger partial charge on any atom is 0.107 e. The summed E-state index contributed by atoms with van der Waals surface area (Å²) in [4.78, 5) is 8.54. The Morgan fingerprint density at radius 3 is 2.65 bits per heavy atom. The van der Waals surface area contributed by atoms with Crippen molar-refractivity contribution in [2.24, 2.45) is 0 Å². The first-order valence-electron chi connectivity index (χ1n) is 6.60. The third kappa shape index (κ3) is 2.26. The predicted octanol–water partition coefficient (Wildman–Crippen LogP) is 2.17. The number of hydrogen-bond donors (Lipinski definition) is 1. The van der Waals surface area contributed by atoms with E-state index in [1.54, 1.807) is 0 Å². The van der Waals surface area contributed by atoms with Crippen molar-refractivity contribution in [3.05, 3.63) is 16.1 Å². The van der Waals surface area contributed by atoms with Gasteiger partial charge in [0.2, 0.25) is 0 Å². The molecule has 3 rings (SSSR count). The molecule has 17 heavy (non-hydrogen) atoms. The molecule has 94 valence electrons. The monoisotopic (exact) mass is 251 g/mol. The minimum Gasteiger partial charge on any atom is -0.317 e. The van der Waals surface area contributed by atoms with Crippen LogP contribution in [0.5, 0.6) is 0 Å². The Hall–Kier alpha value is -0.450. The summed E-state index contributed by atoms with van der Waals surface area (Å²) in [6.45, 7) is 3.22. The minimum absolute atomic E-state index is 0.738. The standard InChI is InChI=1S/C13H21N3S/c1-9-7-15-13(17-9)8-16-11-3-4-12(16)6-10(5-11)14-2/h7,10-12,14H,3-6,8H2,1-2H3. The van der Waals surface area contributed by atoms with Crippen LogP contribution in [0.3, 0.4) is 0 Å². The Balaban J connectivity index is 1.69. The van der Waals surface area contributed by atoms with Gasteiger partial charge in [0.1, 0.15) is 5.01 Å². The average Bonchev–Trinajstić information content (AvgIpc) is 2.82.